The summed E-state index contributed by atoms with van der Waals surface area (Å²) in [5, 5.41) is 13.3. The van der Waals surface area contributed by atoms with Crippen molar-refractivity contribution in [2.24, 2.45) is 0 Å². The van der Waals surface area contributed by atoms with Gasteiger partial charge in [0.1, 0.15) is 5.75 Å². The summed E-state index contributed by atoms with van der Waals surface area (Å²) in [7, 11) is 1.58. The smallest absolute Gasteiger partial charge is 0.255 e. The minimum Gasteiger partial charge on any atom is -0.508 e. The van der Waals surface area contributed by atoms with Crippen LogP contribution in [0.5, 0.6) is 5.75 Å². The number of anilines is 1. The lowest BCUT2D eigenvalue weighted by Crippen LogP contribution is -2.24. The Labute approximate surface area is 113 Å². The molecule has 1 aromatic rings. The lowest BCUT2D eigenvalue weighted by atomic mass is 10.1. The zero-order valence-electron chi connectivity index (χ0n) is 11.7. The number of nitrogens with zero attached hydrogens (tertiary/aromatic N) is 1. The Balaban J connectivity index is 2.79. The molecular formula is C14H22F2N2O. The number of hydrogen-bond acceptors (Lipinski definition) is 3. The Morgan fingerprint density at radius 1 is 1.37 bits per heavy atom. The van der Waals surface area contributed by atoms with Gasteiger partial charge in [0, 0.05) is 30.4 Å². The zero-order chi connectivity index (χ0) is 14.4. The van der Waals surface area contributed by atoms with Gasteiger partial charge < -0.3 is 15.3 Å². The Morgan fingerprint density at radius 3 is 2.58 bits per heavy atom. The van der Waals surface area contributed by atoms with E-state index in [-0.39, 0.29) is 18.3 Å². The third-order valence-corrected chi connectivity index (χ3v) is 3.03. The van der Waals surface area contributed by atoms with E-state index >= 15 is 0 Å². The average molecular weight is 272 g/mol. The largest absolute Gasteiger partial charge is 0.508 e. The number of phenols is 1. The van der Waals surface area contributed by atoms with Crippen LogP contribution < -0.4 is 10.2 Å². The molecule has 0 aliphatic rings. The molecule has 1 rings (SSSR count). The summed E-state index contributed by atoms with van der Waals surface area (Å²) in [6.07, 6.45) is -1.38. The quantitative estimate of drug-likeness (QED) is 0.800. The summed E-state index contributed by atoms with van der Waals surface area (Å²) in [4.78, 5) is 1.43. The molecule has 0 heterocycles. The first-order chi connectivity index (χ1) is 8.95. The molecule has 19 heavy (non-hydrogen) atoms. The molecule has 5 heteroatoms. The highest BCUT2D eigenvalue weighted by molar-refractivity contribution is 5.53. The normalized spacial score (nSPS) is 12.7. The summed E-state index contributed by atoms with van der Waals surface area (Å²) < 4.78 is 24.6. The Morgan fingerprint density at radius 2 is 2.05 bits per heavy atom. The van der Waals surface area contributed by atoms with E-state index in [1.54, 1.807) is 19.2 Å². The van der Waals surface area contributed by atoms with Crippen LogP contribution in [-0.4, -0.2) is 31.7 Å². The Bertz CT molecular complexity index is 399. The van der Waals surface area contributed by atoms with Crippen molar-refractivity contribution in [1.82, 2.24) is 5.32 Å². The van der Waals surface area contributed by atoms with Crippen molar-refractivity contribution < 1.29 is 13.9 Å². The summed E-state index contributed by atoms with van der Waals surface area (Å²) >= 11 is 0. The van der Waals surface area contributed by atoms with Crippen molar-refractivity contribution in [3.05, 3.63) is 23.8 Å². The second-order valence-corrected chi connectivity index (χ2v) is 4.69. The number of benzene rings is 1. The van der Waals surface area contributed by atoms with Gasteiger partial charge in [-0.3, -0.25) is 0 Å². The first kappa shape index (κ1) is 15.7. The zero-order valence-corrected chi connectivity index (χ0v) is 11.7. The molecule has 1 atom stereocenters. The van der Waals surface area contributed by atoms with Gasteiger partial charge in [-0.1, -0.05) is 13.0 Å². The van der Waals surface area contributed by atoms with Gasteiger partial charge in [-0.2, -0.15) is 0 Å². The highest BCUT2D eigenvalue weighted by atomic mass is 19.3. The van der Waals surface area contributed by atoms with E-state index in [2.05, 4.69) is 12.2 Å². The fourth-order valence-electron chi connectivity index (χ4n) is 1.92. The van der Waals surface area contributed by atoms with Gasteiger partial charge >= 0.3 is 0 Å². The molecular weight excluding hydrogens is 250 g/mol. The molecule has 1 aromatic carbocycles. The second-order valence-electron chi connectivity index (χ2n) is 4.69. The maximum absolute atomic E-state index is 12.3. The number of phenolic OH excluding ortho intramolecular Hbond substituents is 1. The third kappa shape index (κ3) is 4.67. The van der Waals surface area contributed by atoms with Gasteiger partial charge in [-0.15, -0.1) is 0 Å². The summed E-state index contributed by atoms with van der Waals surface area (Å²) in [6, 6.07) is 5.10. The van der Waals surface area contributed by atoms with Crippen molar-refractivity contribution in [3.63, 3.8) is 0 Å². The van der Waals surface area contributed by atoms with Crippen LogP contribution in [0.15, 0.2) is 18.2 Å². The minimum atomic E-state index is -2.39. The van der Waals surface area contributed by atoms with Crippen LogP contribution in [0, 0.1) is 0 Å². The number of rotatable bonds is 7. The first-order valence-electron chi connectivity index (χ1n) is 6.51. The fraction of sp³-hybridized carbons (Fsp3) is 0.571. The third-order valence-electron chi connectivity index (χ3n) is 3.03. The van der Waals surface area contributed by atoms with Crippen LogP contribution in [0.3, 0.4) is 0 Å². The molecule has 0 radical (unpaired) electrons. The van der Waals surface area contributed by atoms with Crippen LogP contribution in [-0.2, 0) is 0 Å². The maximum Gasteiger partial charge on any atom is 0.255 e. The number of halogens is 2. The molecule has 2 N–H and O–H groups in total. The molecule has 0 aliphatic heterocycles. The molecule has 0 fully saturated rings. The molecule has 108 valence electrons. The number of nitrogens with one attached hydrogen (secondary N) is 1. The van der Waals surface area contributed by atoms with Gasteiger partial charge in [-0.25, -0.2) is 8.78 Å². The number of hydrogen-bond donors (Lipinski definition) is 2. The lowest BCUT2D eigenvalue weighted by molar-refractivity contribution is 0.156. The molecule has 0 aliphatic carbocycles. The van der Waals surface area contributed by atoms with Crippen molar-refractivity contribution >= 4 is 5.69 Å². The van der Waals surface area contributed by atoms with Crippen molar-refractivity contribution in [2.45, 2.75) is 32.7 Å². The van der Waals surface area contributed by atoms with Gasteiger partial charge in [0.25, 0.3) is 6.43 Å². The van der Waals surface area contributed by atoms with E-state index in [1.165, 1.54) is 11.0 Å². The van der Waals surface area contributed by atoms with Gasteiger partial charge in [-0.05, 0) is 26.0 Å². The van der Waals surface area contributed by atoms with E-state index in [0.29, 0.717) is 5.69 Å². The van der Waals surface area contributed by atoms with Crippen molar-refractivity contribution in [3.8, 4) is 5.75 Å². The van der Waals surface area contributed by atoms with Crippen molar-refractivity contribution in [1.29, 1.82) is 0 Å². The average Bonchev–Trinajstić information content (AvgIpc) is 2.34. The monoisotopic (exact) mass is 272 g/mol. The van der Waals surface area contributed by atoms with E-state index in [4.69, 9.17) is 0 Å². The minimum absolute atomic E-state index is 0.0365. The summed E-state index contributed by atoms with van der Waals surface area (Å²) in [5.74, 6) is 0.134. The fourth-order valence-corrected chi connectivity index (χ4v) is 1.92. The molecule has 0 spiro atoms. The predicted molar refractivity (Wildman–Crippen MR) is 74.1 cm³/mol. The van der Waals surface area contributed by atoms with Gasteiger partial charge in [0.2, 0.25) is 0 Å². The lowest BCUT2D eigenvalue weighted by Gasteiger charge is -2.21. The van der Waals surface area contributed by atoms with Crippen molar-refractivity contribution in [2.75, 3.05) is 25.0 Å². The molecule has 0 amide bonds. The van der Waals surface area contributed by atoms with Crippen LogP contribution in [0.2, 0.25) is 0 Å². The maximum atomic E-state index is 12.3. The van der Waals surface area contributed by atoms with Crippen LogP contribution >= 0.6 is 0 Å². The van der Waals surface area contributed by atoms with Gasteiger partial charge in [0.15, 0.2) is 0 Å². The van der Waals surface area contributed by atoms with E-state index in [1.807, 2.05) is 6.92 Å². The molecule has 3 nitrogen and oxygen atoms in total. The van der Waals surface area contributed by atoms with Crippen LogP contribution in [0.1, 0.15) is 31.9 Å². The van der Waals surface area contributed by atoms with Gasteiger partial charge in [0.05, 0.1) is 6.54 Å². The van der Waals surface area contributed by atoms with Crippen LogP contribution in [0.4, 0.5) is 14.5 Å². The molecule has 0 saturated heterocycles. The highest BCUT2D eigenvalue weighted by Gasteiger charge is 2.13. The predicted octanol–water partition coefficient (Wildman–Crippen LogP) is 3.15. The first-order valence-corrected chi connectivity index (χ1v) is 6.51. The SMILES string of the molecule is CCCNC(C)c1ccc(N(C)CC(F)F)cc1O. The van der Waals surface area contributed by atoms with E-state index < -0.39 is 6.43 Å². The number of aromatic hydroxyl groups is 1. The van der Waals surface area contributed by atoms with E-state index in [0.717, 1.165) is 18.5 Å². The molecule has 1 unspecified atom stereocenters. The van der Waals surface area contributed by atoms with E-state index in [9.17, 15) is 13.9 Å². The standard InChI is InChI=1S/C14H22F2N2O/c1-4-7-17-10(2)12-6-5-11(8-13(12)19)18(3)9-14(15)16/h5-6,8,10,14,17,19H,4,7,9H2,1-3H3. The second kappa shape index (κ2) is 7.28. The summed E-state index contributed by atoms with van der Waals surface area (Å²) in [5.41, 5.74) is 1.37. The highest BCUT2D eigenvalue weighted by Crippen LogP contribution is 2.28. The molecule has 0 bridgehead atoms. The Hall–Kier alpha value is -1.36. The summed E-state index contributed by atoms with van der Waals surface area (Å²) in [6.45, 7) is 4.56. The molecule has 0 aromatic heterocycles. The topological polar surface area (TPSA) is 35.5 Å². The van der Waals surface area contributed by atoms with Crippen LogP contribution in [0.25, 0.3) is 0 Å². The molecule has 0 saturated carbocycles. The number of alkyl halides is 2. The Kier molecular flexibility index (Phi) is 6.02.